The Morgan fingerprint density at radius 3 is 3.00 bits per heavy atom. The van der Waals surface area contributed by atoms with Crippen molar-refractivity contribution in [3.05, 3.63) is 21.3 Å². The van der Waals surface area contributed by atoms with Gasteiger partial charge in [0.15, 0.2) is 0 Å². The van der Waals surface area contributed by atoms with Crippen LogP contribution in [0.2, 0.25) is 4.34 Å². The number of methoxy groups -OCH3 is 1. The van der Waals surface area contributed by atoms with Gasteiger partial charge in [-0.2, -0.15) is 0 Å². The van der Waals surface area contributed by atoms with Crippen LogP contribution in [0.15, 0.2) is 12.1 Å². The van der Waals surface area contributed by atoms with E-state index in [0.717, 1.165) is 17.3 Å². The lowest BCUT2D eigenvalue weighted by atomic mass is 10.2. The summed E-state index contributed by atoms with van der Waals surface area (Å²) in [4.78, 5) is 1.31. The minimum atomic E-state index is 0.453. The Hall–Kier alpha value is -0.0900. The summed E-state index contributed by atoms with van der Waals surface area (Å²) in [7, 11) is 1.80. The van der Waals surface area contributed by atoms with E-state index in [9.17, 15) is 0 Å². The number of hydrogen-bond acceptors (Lipinski definition) is 3. The highest BCUT2D eigenvalue weighted by Crippen LogP contribution is 2.24. The second kappa shape index (κ2) is 5.30. The van der Waals surface area contributed by atoms with Crippen LogP contribution < -0.4 is 5.32 Å². The van der Waals surface area contributed by atoms with Gasteiger partial charge in [-0.25, -0.2) is 0 Å². The van der Waals surface area contributed by atoms with Crippen LogP contribution in [0.3, 0.4) is 0 Å². The Morgan fingerprint density at radius 1 is 1.53 bits per heavy atom. The van der Waals surface area contributed by atoms with Gasteiger partial charge in [0.25, 0.3) is 0 Å². The van der Waals surface area contributed by atoms with Gasteiger partial charge in [-0.15, -0.1) is 11.3 Å². The van der Waals surface area contributed by atoms with Gasteiger partial charge in [0, 0.05) is 24.6 Å². The number of ether oxygens (including phenoxy) is 1. The second-order valence-corrected chi connectivity index (χ2v) is 5.75. The largest absolute Gasteiger partial charge is 0.381 e. The zero-order valence-corrected chi connectivity index (χ0v) is 10.4. The quantitative estimate of drug-likeness (QED) is 0.881. The van der Waals surface area contributed by atoms with Gasteiger partial charge in [0.2, 0.25) is 0 Å². The van der Waals surface area contributed by atoms with Crippen LogP contribution in [-0.4, -0.2) is 19.3 Å². The molecule has 0 bridgehead atoms. The van der Waals surface area contributed by atoms with Crippen LogP contribution in [-0.2, 0) is 11.3 Å². The number of nitrogens with one attached hydrogen (secondary N) is 1. The Bertz CT molecular complexity index is 315. The van der Waals surface area contributed by atoms with Gasteiger partial charge in [0.05, 0.1) is 10.4 Å². The van der Waals surface area contributed by atoms with Crippen LogP contribution in [0.5, 0.6) is 0 Å². The van der Waals surface area contributed by atoms with E-state index in [-0.39, 0.29) is 0 Å². The first kappa shape index (κ1) is 11.4. The summed E-state index contributed by atoms with van der Waals surface area (Å²) < 4.78 is 6.21. The van der Waals surface area contributed by atoms with Gasteiger partial charge < -0.3 is 10.1 Å². The molecule has 2 nitrogen and oxygen atoms in total. The van der Waals surface area contributed by atoms with Crippen molar-refractivity contribution in [3.63, 3.8) is 0 Å². The Balaban J connectivity index is 1.75. The first-order valence-electron chi connectivity index (χ1n) is 5.28. The first-order valence-corrected chi connectivity index (χ1v) is 6.48. The van der Waals surface area contributed by atoms with Crippen molar-refractivity contribution in [2.24, 2.45) is 0 Å². The molecule has 0 amide bonds. The molecule has 1 aliphatic carbocycles. The third kappa shape index (κ3) is 3.18. The molecule has 1 aromatic heterocycles. The summed E-state index contributed by atoms with van der Waals surface area (Å²) in [5.41, 5.74) is 0. The minimum absolute atomic E-state index is 0.453. The monoisotopic (exact) mass is 245 g/mol. The van der Waals surface area contributed by atoms with Crippen LogP contribution in [0.25, 0.3) is 0 Å². The lowest BCUT2D eigenvalue weighted by Crippen LogP contribution is -2.26. The molecule has 0 radical (unpaired) electrons. The van der Waals surface area contributed by atoms with E-state index < -0.39 is 0 Å². The molecule has 0 aromatic carbocycles. The number of halogens is 1. The molecule has 15 heavy (non-hydrogen) atoms. The van der Waals surface area contributed by atoms with E-state index in [1.54, 1.807) is 18.4 Å². The van der Waals surface area contributed by atoms with Gasteiger partial charge in [-0.1, -0.05) is 11.6 Å². The number of rotatable bonds is 4. The number of thiophene rings is 1. The molecule has 4 heteroatoms. The molecule has 1 aromatic rings. The van der Waals surface area contributed by atoms with E-state index in [2.05, 4.69) is 11.4 Å². The standard InChI is InChI=1S/C11H16ClNOS/c1-14-9-3-2-8(6-9)13-7-10-4-5-11(12)15-10/h4-5,8-9,13H,2-3,6-7H2,1H3. The van der Waals surface area contributed by atoms with Crippen LogP contribution >= 0.6 is 22.9 Å². The smallest absolute Gasteiger partial charge is 0.0931 e. The predicted molar refractivity (Wildman–Crippen MR) is 64.6 cm³/mol. The Morgan fingerprint density at radius 2 is 2.40 bits per heavy atom. The van der Waals surface area contributed by atoms with Gasteiger partial charge in [0.1, 0.15) is 0 Å². The molecule has 2 rings (SSSR count). The Labute approximate surface area is 99.6 Å². The summed E-state index contributed by atoms with van der Waals surface area (Å²) in [6.07, 6.45) is 3.99. The fourth-order valence-electron chi connectivity index (χ4n) is 2.03. The minimum Gasteiger partial charge on any atom is -0.381 e. The lowest BCUT2D eigenvalue weighted by Gasteiger charge is -2.11. The normalized spacial score (nSPS) is 26.0. The van der Waals surface area contributed by atoms with Crippen LogP contribution in [0.1, 0.15) is 24.1 Å². The second-order valence-electron chi connectivity index (χ2n) is 3.95. The molecule has 2 unspecified atom stereocenters. The highest BCUT2D eigenvalue weighted by atomic mass is 35.5. The summed E-state index contributed by atoms with van der Waals surface area (Å²) in [5.74, 6) is 0. The third-order valence-corrected chi connectivity index (χ3v) is 4.14. The van der Waals surface area contributed by atoms with E-state index in [4.69, 9.17) is 16.3 Å². The molecule has 1 saturated carbocycles. The zero-order chi connectivity index (χ0) is 10.7. The summed E-state index contributed by atoms with van der Waals surface area (Å²) in [5, 5.41) is 3.55. The van der Waals surface area contributed by atoms with E-state index in [1.807, 2.05) is 6.07 Å². The SMILES string of the molecule is COC1CCC(NCc2ccc(Cl)s2)C1. The Kier molecular flexibility index (Phi) is 4.03. The van der Waals surface area contributed by atoms with Crippen LogP contribution in [0, 0.1) is 0 Å². The predicted octanol–water partition coefficient (Wildman–Crippen LogP) is 3.06. The molecular weight excluding hydrogens is 230 g/mol. The maximum absolute atomic E-state index is 5.87. The first-order chi connectivity index (χ1) is 7.28. The third-order valence-electron chi connectivity index (χ3n) is 2.91. The van der Waals surface area contributed by atoms with Crippen molar-refractivity contribution in [3.8, 4) is 0 Å². The van der Waals surface area contributed by atoms with Gasteiger partial charge in [-0.3, -0.25) is 0 Å². The number of hydrogen-bond donors (Lipinski definition) is 1. The molecule has 0 spiro atoms. The molecule has 1 N–H and O–H groups in total. The van der Waals surface area contributed by atoms with Gasteiger partial charge >= 0.3 is 0 Å². The van der Waals surface area contributed by atoms with Crippen molar-refractivity contribution in [1.82, 2.24) is 5.32 Å². The maximum Gasteiger partial charge on any atom is 0.0931 e. The average molecular weight is 246 g/mol. The van der Waals surface area contributed by atoms with Crippen molar-refractivity contribution in [2.45, 2.75) is 38.0 Å². The summed E-state index contributed by atoms with van der Waals surface area (Å²) in [6.45, 7) is 0.929. The fourth-order valence-corrected chi connectivity index (χ4v) is 3.07. The van der Waals surface area contributed by atoms with Crippen molar-refractivity contribution in [1.29, 1.82) is 0 Å². The molecule has 1 fully saturated rings. The topological polar surface area (TPSA) is 21.3 Å². The molecule has 0 aliphatic heterocycles. The summed E-state index contributed by atoms with van der Waals surface area (Å²) in [6, 6.07) is 4.65. The zero-order valence-electron chi connectivity index (χ0n) is 8.83. The van der Waals surface area contributed by atoms with Crippen molar-refractivity contribution in [2.75, 3.05) is 7.11 Å². The average Bonchev–Trinajstić information content (AvgIpc) is 2.83. The molecule has 1 aliphatic rings. The van der Waals surface area contributed by atoms with Crippen LogP contribution in [0.4, 0.5) is 0 Å². The maximum atomic E-state index is 5.87. The molecule has 0 saturated heterocycles. The highest BCUT2D eigenvalue weighted by Gasteiger charge is 2.23. The van der Waals surface area contributed by atoms with E-state index >= 15 is 0 Å². The van der Waals surface area contributed by atoms with Crippen molar-refractivity contribution < 1.29 is 4.74 Å². The molecule has 84 valence electrons. The molecule has 1 heterocycles. The lowest BCUT2D eigenvalue weighted by molar-refractivity contribution is 0.107. The van der Waals surface area contributed by atoms with Gasteiger partial charge in [-0.05, 0) is 31.4 Å². The van der Waals surface area contributed by atoms with E-state index in [0.29, 0.717) is 12.1 Å². The fraction of sp³-hybridized carbons (Fsp3) is 0.636. The summed E-state index contributed by atoms with van der Waals surface area (Å²) >= 11 is 7.52. The van der Waals surface area contributed by atoms with E-state index in [1.165, 1.54) is 17.7 Å². The highest BCUT2D eigenvalue weighted by molar-refractivity contribution is 7.16. The molecular formula is C11H16ClNOS. The molecule has 2 atom stereocenters. The van der Waals surface area contributed by atoms with Crippen molar-refractivity contribution >= 4 is 22.9 Å².